The molecule has 1 fully saturated rings. The van der Waals surface area contributed by atoms with Gasteiger partial charge in [0.15, 0.2) is 0 Å². The lowest BCUT2D eigenvalue weighted by Crippen LogP contribution is -2.29. The maximum Gasteiger partial charge on any atom is 0.243 e. The van der Waals surface area contributed by atoms with Crippen LogP contribution in [0.2, 0.25) is 0 Å². The van der Waals surface area contributed by atoms with Crippen LogP contribution >= 0.6 is 0 Å². The van der Waals surface area contributed by atoms with Crippen molar-refractivity contribution in [3.63, 3.8) is 0 Å². The average molecular weight is 411 g/mol. The molecule has 0 radical (unpaired) electrons. The molecule has 2 aliphatic rings. The number of aryl methyl sites for hydroxylation is 3. The molecule has 29 heavy (non-hydrogen) atoms. The van der Waals surface area contributed by atoms with Crippen molar-refractivity contribution < 1.29 is 8.42 Å². The van der Waals surface area contributed by atoms with Crippen LogP contribution in [-0.4, -0.2) is 40.3 Å². The van der Waals surface area contributed by atoms with E-state index in [1.165, 1.54) is 17.5 Å². The van der Waals surface area contributed by atoms with Crippen LogP contribution in [0.25, 0.3) is 11.0 Å². The Labute approximate surface area is 171 Å². The first-order chi connectivity index (χ1) is 14.1. The zero-order chi connectivity index (χ0) is 20.0. The van der Waals surface area contributed by atoms with E-state index in [1.54, 1.807) is 16.6 Å². The fraction of sp³-hybridized carbons (Fsp3) is 0.455. The monoisotopic (exact) mass is 410 g/mol. The van der Waals surface area contributed by atoms with E-state index in [-0.39, 0.29) is 5.92 Å². The molecule has 6 nitrogen and oxygen atoms in total. The molecule has 3 aromatic rings. The van der Waals surface area contributed by atoms with Crippen molar-refractivity contribution in [2.24, 2.45) is 0 Å². The zero-order valence-corrected chi connectivity index (χ0v) is 17.5. The first kappa shape index (κ1) is 18.8. The number of aromatic nitrogens is 3. The SMILES string of the molecule is CCn1c([C@H]2CCN(S(=O)(=O)c3ccc4c(c3)CCCC4)C2)nc2ccncc21. The summed E-state index contributed by atoms with van der Waals surface area (Å²) < 4.78 is 30.4. The van der Waals surface area contributed by atoms with Crippen molar-refractivity contribution in [2.75, 3.05) is 13.1 Å². The summed E-state index contributed by atoms with van der Waals surface area (Å²) in [5.74, 6) is 1.08. The van der Waals surface area contributed by atoms with Crippen LogP contribution in [0.15, 0.2) is 41.6 Å². The highest BCUT2D eigenvalue weighted by molar-refractivity contribution is 7.89. The Kier molecular flexibility index (Phi) is 4.67. The van der Waals surface area contributed by atoms with Crippen LogP contribution in [0.5, 0.6) is 0 Å². The molecular formula is C22H26N4O2S. The van der Waals surface area contributed by atoms with Crippen LogP contribution in [0.3, 0.4) is 0 Å². The van der Waals surface area contributed by atoms with Crippen molar-refractivity contribution in [1.29, 1.82) is 0 Å². The van der Waals surface area contributed by atoms with Crippen molar-refractivity contribution in [1.82, 2.24) is 18.8 Å². The minimum Gasteiger partial charge on any atom is -0.327 e. The van der Waals surface area contributed by atoms with Crippen LogP contribution < -0.4 is 0 Å². The largest absolute Gasteiger partial charge is 0.327 e. The first-order valence-corrected chi connectivity index (χ1v) is 11.9. The summed E-state index contributed by atoms with van der Waals surface area (Å²) in [6.07, 6.45) is 8.76. The van der Waals surface area contributed by atoms with Gasteiger partial charge >= 0.3 is 0 Å². The van der Waals surface area contributed by atoms with Gasteiger partial charge in [-0.2, -0.15) is 4.31 Å². The number of pyridine rings is 1. The van der Waals surface area contributed by atoms with Gasteiger partial charge in [0.25, 0.3) is 0 Å². The molecule has 0 unspecified atom stereocenters. The van der Waals surface area contributed by atoms with E-state index in [0.717, 1.165) is 49.1 Å². The molecular weight excluding hydrogens is 384 g/mol. The first-order valence-electron chi connectivity index (χ1n) is 10.5. The third-order valence-electron chi connectivity index (χ3n) is 6.37. The predicted octanol–water partition coefficient (Wildman–Crippen LogP) is 3.51. The van der Waals surface area contributed by atoms with Gasteiger partial charge in [-0.05, 0) is 68.4 Å². The van der Waals surface area contributed by atoms with E-state index in [1.807, 2.05) is 24.4 Å². The highest BCUT2D eigenvalue weighted by Crippen LogP contribution is 2.33. The van der Waals surface area contributed by atoms with Gasteiger partial charge in [0.1, 0.15) is 5.82 Å². The Morgan fingerprint density at radius 2 is 1.97 bits per heavy atom. The maximum atomic E-state index is 13.3. The van der Waals surface area contributed by atoms with Crippen LogP contribution in [0, 0.1) is 0 Å². The quantitative estimate of drug-likeness (QED) is 0.660. The molecule has 1 aliphatic heterocycles. The molecule has 0 bridgehead atoms. The zero-order valence-electron chi connectivity index (χ0n) is 16.7. The minimum absolute atomic E-state index is 0.106. The topological polar surface area (TPSA) is 68.1 Å². The molecule has 0 saturated carbocycles. The number of hydrogen-bond acceptors (Lipinski definition) is 4. The van der Waals surface area contributed by atoms with E-state index < -0.39 is 10.0 Å². The van der Waals surface area contributed by atoms with Gasteiger partial charge in [0.05, 0.1) is 22.1 Å². The molecule has 5 rings (SSSR count). The van der Waals surface area contributed by atoms with Gasteiger partial charge < -0.3 is 4.57 Å². The Hall–Kier alpha value is -2.25. The lowest BCUT2D eigenvalue weighted by Gasteiger charge is -2.20. The second kappa shape index (κ2) is 7.22. The second-order valence-corrected chi connectivity index (χ2v) is 10.0. The Balaban J connectivity index is 1.43. The van der Waals surface area contributed by atoms with Gasteiger partial charge in [-0.3, -0.25) is 4.98 Å². The summed E-state index contributed by atoms with van der Waals surface area (Å²) >= 11 is 0. The number of hydrogen-bond donors (Lipinski definition) is 0. The van der Waals surface area contributed by atoms with Gasteiger partial charge in [-0.25, -0.2) is 13.4 Å². The fourth-order valence-corrected chi connectivity index (χ4v) is 6.36. The molecule has 1 atom stereocenters. The summed E-state index contributed by atoms with van der Waals surface area (Å²) in [5, 5.41) is 0. The van der Waals surface area contributed by atoms with Crippen molar-refractivity contribution >= 4 is 21.1 Å². The molecule has 152 valence electrons. The lowest BCUT2D eigenvalue weighted by molar-refractivity contribution is 0.469. The predicted molar refractivity (Wildman–Crippen MR) is 112 cm³/mol. The maximum absolute atomic E-state index is 13.3. The number of nitrogens with zero attached hydrogens (tertiary/aromatic N) is 4. The van der Waals surface area contributed by atoms with Crippen LogP contribution in [0.1, 0.15) is 49.1 Å². The fourth-order valence-electron chi connectivity index (χ4n) is 4.81. The van der Waals surface area contributed by atoms with E-state index in [4.69, 9.17) is 4.98 Å². The van der Waals surface area contributed by atoms with Crippen molar-refractivity contribution in [3.05, 3.63) is 53.6 Å². The molecule has 0 N–H and O–H groups in total. The lowest BCUT2D eigenvalue weighted by atomic mass is 9.92. The third kappa shape index (κ3) is 3.16. The smallest absolute Gasteiger partial charge is 0.243 e. The third-order valence-corrected chi connectivity index (χ3v) is 8.23. The standard InChI is InChI=1S/C22H26N4O2S/c1-2-26-21-14-23-11-9-20(21)24-22(26)18-10-12-25(15-18)29(27,28)19-8-7-16-5-3-4-6-17(16)13-19/h7-9,11,13-14,18H,2-6,10,12,15H2,1H3/t18-/m0/s1. The van der Waals surface area contributed by atoms with E-state index >= 15 is 0 Å². The average Bonchev–Trinajstić information content (AvgIpc) is 3.38. The Morgan fingerprint density at radius 3 is 2.79 bits per heavy atom. The summed E-state index contributed by atoms with van der Waals surface area (Å²) in [5.41, 5.74) is 4.45. The summed E-state index contributed by atoms with van der Waals surface area (Å²) in [6, 6.07) is 7.63. The van der Waals surface area contributed by atoms with Crippen molar-refractivity contribution in [3.8, 4) is 0 Å². The Morgan fingerprint density at radius 1 is 1.14 bits per heavy atom. The summed E-state index contributed by atoms with van der Waals surface area (Å²) in [6.45, 7) is 3.91. The molecule has 0 spiro atoms. The number of imidazole rings is 1. The van der Waals surface area contributed by atoms with E-state index in [0.29, 0.717) is 18.0 Å². The van der Waals surface area contributed by atoms with E-state index in [2.05, 4.69) is 16.5 Å². The number of benzene rings is 1. The van der Waals surface area contributed by atoms with Crippen LogP contribution in [0.4, 0.5) is 0 Å². The van der Waals surface area contributed by atoms with Gasteiger partial charge in [0, 0.05) is 31.7 Å². The van der Waals surface area contributed by atoms with Gasteiger partial charge in [0.2, 0.25) is 10.0 Å². The normalized spacial score (nSPS) is 20.2. The second-order valence-electron chi connectivity index (χ2n) is 8.06. The minimum atomic E-state index is -3.48. The Bertz CT molecular complexity index is 1170. The van der Waals surface area contributed by atoms with E-state index in [9.17, 15) is 8.42 Å². The van der Waals surface area contributed by atoms with Crippen LogP contribution in [-0.2, 0) is 29.4 Å². The van der Waals surface area contributed by atoms with Gasteiger partial charge in [-0.15, -0.1) is 0 Å². The molecule has 1 saturated heterocycles. The molecule has 2 aromatic heterocycles. The number of fused-ring (bicyclic) bond motifs is 2. The van der Waals surface area contributed by atoms with Gasteiger partial charge in [-0.1, -0.05) is 6.07 Å². The molecule has 1 aliphatic carbocycles. The number of sulfonamides is 1. The highest BCUT2D eigenvalue weighted by atomic mass is 32.2. The summed E-state index contributed by atoms with van der Waals surface area (Å²) in [4.78, 5) is 9.47. The summed E-state index contributed by atoms with van der Waals surface area (Å²) in [7, 11) is -3.48. The molecule has 7 heteroatoms. The van der Waals surface area contributed by atoms with Crippen molar-refractivity contribution in [2.45, 2.75) is 56.4 Å². The molecule has 3 heterocycles. The number of rotatable bonds is 4. The molecule has 0 amide bonds. The molecule has 1 aromatic carbocycles. The highest BCUT2D eigenvalue weighted by Gasteiger charge is 2.35.